The molecule has 4 heterocycles. The minimum Gasteiger partial charge on any atom is -0.478 e. The van der Waals surface area contributed by atoms with Crippen molar-refractivity contribution in [2.24, 2.45) is 16.6 Å². The predicted molar refractivity (Wildman–Crippen MR) is 194 cm³/mol. The van der Waals surface area contributed by atoms with E-state index in [1.165, 1.54) is 10.9 Å². The van der Waals surface area contributed by atoms with Crippen molar-refractivity contribution in [1.29, 1.82) is 0 Å². The third-order valence-electron chi connectivity index (χ3n) is 9.20. The molecular formula is C35H39Cl2N7O4S. The number of benzene rings is 2. The van der Waals surface area contributed by atoms with Crippen molar-refractivity contribution in [3.63, 3.8) is 0 Å². The summed E-state index contributed by atoms with van der Waals surface area (Å²) in [5, 5.41) is 23.0. The molecule has 14 heteroatoms. The van der Waals surface area contributed by atoms with Crippen LogP contribution < -0.4 is 11.1 Å². The molecule has 2 amide bonds. The fraction of sp³-hybridized carbons (Fsp3) is 0.371. The number of carbonyl (C=O) groups is 3. The van der Waals surface area contributed by atoms with Crippen LogP contribution in [0.3, 0.4) is 0 Å². The van der Waals surface area contributed by atoms with Crippen molar-refractivity contribution in [3.8, 4) is 5.00 Å². The first kappa shape index (κ1) is 36.2. The molecule has 1 saturated heterocycles. The predicted octanol–water partition coefficient (Wildman–Crippen LogP) is 6.08. The zero-order chi connectivity index (χ0) is 34.1. The number of halogens is 2. The van der Waals surface area contributed by atoms with Gasteiger partial charge in [-0.25, -0.2) is 4.79 Å². The van der Waals surface area contributed by atoms with Crippen LogP contribution in [0.15, 0.2) is 47.5 Å². The van der Waals surface area contributed by atoms with Crippen LogP contribution in [0.4, 0.5) is 5.69 Å². The minimum absolute atomic E-state index is 0. The fourth-order valence-electron chi connectivity index (χ4n) is 6.44. The molecule has 2 aromatic heterocycles. The van der Waals surface area contributed by atoms with E-state index in [1.54, 1.807) is 28.4 Å². The van der Waals surface area contributed by atoms with E-state index in [4.69, 9.17) is 22.3 Å². The van der Waals surface area contributed by atoms with Crippen LogP contribution >= 0.6 is 35.3 Å². The third-order valence-corrected chi connectivity index (χ3v) is 10.6. The Hall–Kier alpha value is -4.10. The fourth-order valence-corrected chi connectivity index (χ4v) is 7.78. The number of anilines is 1. The molecule has 49 heavy (non-hydrogen) atoms. The van der Waals surface area contributed by atoms with Crippen molar-refractivity contribution in [1.82, 2.24) is 19.7 Å². The van der Waals surface area contributed by atoms with E-state index >= 15 is 0 Å². The van der Waals surface area contributed by atoms with Gasteiger partial charge in [-0.15, -0.1) is 33.9 Å². The first-order chi connectivity index (χ1) is 23.0. The van der Waals surface area contributed by atoms with Crippen LogP contribution in [0.5, 0.6) is 0 Å². The standard InChI is InChI=1S/C35H38ClN7O4S.ClH/c1-19-20(2)48-34-30(19)31(22-6-8-25(36)9-7-22)39-28(32-41-40-21(3)43(32)34)18-29(44)42-15-12-23(13-16-42)33(45)38-26-10-11-27(35(46)47)24(17-26)5-4-14-37;/h6-11,17,23,28H,4-5,12-16,18,37H2,1-3H3,(H,38,45)(H,46,47);1H/t28-;/m0./s1. The second kappa shape index (κ2) is 15.2. The minimum atomic E-state index is -1.01. The molecule has 2 aromatic carbocycles. The van der Waals surface area contributed by atoms with E-state index in [-0.39, 0.29) is 42.1 Å². The number of rotatable bonds is 9. The van der Waals surface area contributed by atoms with Crippen LogP contribution in [-0.2, 0) is 16.0 Å². The maximum atomic E-state index is 13.8. The van der Waals surface area contributed by atoms with Crippen molar-refractivity contribution >= 4 is 64.5 Å². The van der Waals surface area contributed by atoms with Crippen LogP contribution in [0.1, 0.15) is 80.9 Å². The lowest BCUT2D eigenvalue weighted by molar-refractivity contribution is -0.134. The maximum Gasteiger partial charge on any atom is 0.335 e. The lowest BCUT2D eigenvalue weighted by atomic mass is 9.95. The Morgan fingerprint density at radius 2 is 1.78 bits per heavy atom. The number of carbonyl (C=O) groups excluding carboxylic acids is 2. The van der Waals surface area contributed by atoms with Crippen LogP contribution in [0, 0.1) is 26.7 Å². The van der Waals surface area contributed by atoms with Crippen LogP contribution in [0.25, 0.3) is 5.00 Å². The van der Waals surface area contributed by atoms with E-state index in [9.17, 15) is 19.5 Å². The molecule has 2 aliphatic heterocycles. The number of nitrogens with one attached hydrogen (secondary N) is 1. The van der Waals surface area contributed by atoms with Gasteiger partial charge in [-0.2, -0.15) is 0 Å². The molecule has 0 spiro atoms. The Bertz CT molecular complexity index is 1910. The normalized spacial score (nSPS) is 15.8. The average molecular weight is 725 g/mol. The Labute approximate surface area is 300 Å². The summed E-state index contributed by atoms with van der Waals surface area (Å²) in [4.78, 5) is 46.9. The van der Waals surface area contributed by atoms with Gasteiger partial charge < -0.3 is 21.1 Å². The van der Waals surface area contributed by atoms with E-state index in [0.717, 1.165) is 33.2 Å². The first-order valence-corrected chi connectivity index (χ1v) is 17.3. The summed E-state index contributed by atoms with van der Waals surface area (Å²) in [5.74, 6) is -0.131. The van der Waals surface area contributed by atoms with Gasteiger partial charge in [-0.05, 0) is 94.5 Å². The van der Waals surface area contributed by atoms with Crippen LogP contribution in [-0.4, -0.2) is 67.9 Å². The highest BCUT2D eigenvalue weighted by Crippen LogP contribution is 2.40. The summed E-state index contributed by atoms with van der Waals surface area (Å²) in [7, 11) is 0. The molecule has 0 bridgehead atoms. The summed E-state index contributed by atoms with van der Waals surface area (Å²) < 4.78 is 2.03. The zero-order valence-corrected chi connectivity index (χ0v) is 29.9. The van der Waals surface area contributed by atoms with Gasteiger partial charge in [-0.3, -0.25) is 19.1 Å². The van der Waals surface area contributed by atoms with Gasteiger partial charge in [0.1, 0.15) is 16.9 Å². The number of fused-ring (bicyclic) bond motifs is 3. The monoisotopic (exact) mass is 723 g/mol. The van der Waals surface area contributed by atoms with Crippen molar-refractivity contribution < 1.29 is 19.5 Å². The Morgan fingerprint density at radius 3 is 2.45 bits per heavy atom. The van der Waals surface area contributed by atoms with Crippen molar-refractivity contribution in [2.45, 2.75) is 58.9 Å². The quantitative estimate of drug-likeness (QED) is 0.189. The number of nitrogens with zero attached hydrogens (tertiary/aromatic N) is 5. The van der Waals surface area contributed by atoms with Gasteiger partial charge in [-0.1, -0.05) is 23.7 Å². The van der Waals surface area contributed by atoms with Gasteiger partial charge in [0.05, 0.1) is 17.7 Å². The summed E-state index contributed by atoms with van der Waals surface area (Å²) in [6.45, 7) is 7.41. The Kier molecular flexibility index (Phi) is 11.2. The van der Waals surface area contributed by atoms with Gasteiger partial charge in [0.15, 0.2) is 5.82 Å². The zero-order valence-electron chi connectivity index (χ0n) is 27.5. The summed E-state index contributed by atoms with van der Waals surface area (Å²) in [5.41, 5.74) is 10.9. The second-order valence-corrected chi connectivity index (χ2v) is 14.0. The van der Waals surface area contributed by atoms with E-state index < -0.39 is 12.0 Å². The lowest BCUT2D eigenvalue weighted by Gasteiger charge is -2.32. The number of aryl methyl sites for hydroxylation is 3. The highest BCUT2D eigenvalue weighted by Gasteiger charge is 2.34. The average Bonchev–Trinajstić information content (AvgIpc) is 3.55. The SMILES string of the molecule is Cc1sc2c(c1C)C(c1ccc(Cl)cc1)=N[C@@H](CC(=O)N1CCC(C(=O)Nc3ccc(C(=O)O)c(CCCN)c3)CC1)c1nnc(C)n1-2.Cl. The number of likely N-dealkylation sites (tertiary alicyclic amines) is 1. The van der Waals surface area contributed by atoms with Gasteiger partial charge in [0.2, 0.25) is 11.8 Å². The molecule has 1 fully saturated rings. The molecule has 0 radical (unpaired) electrons. The Morgan fingerprint density at radius 1 is 1.06 bits per heavy atom. The lowest BCUT2D eigenvalue weighted by Crippen LogP contribution is -2.41. The van der Waals surface area contributed by atoms with Gasteiger partial charge in [0.25, 0.3) is 0 Å². The van der Waals surface area contributed by atoms with Gasteiger partial charge >= 0.3 is 5.97 Å². The number of hydrogen-bond acceptors (Lipinski definition) is 8. The molecule has 6 rings (SSSR count). The smallest absolute Gasteiger partial charge is 0.335 e. The number of thiophene rings is 1. The molecule has 0 saturated carbocycles. The number of amides is 2. The molecule has 0 aliphatic carbocycles. The highest BCUT2D eigenvalue weighted by molar-refractivity contribution is 7.15. The number of piperidine rings is 1. The van der Waals surface area contributed by atoms with Gasteiger partial charge in [0, 0.05) is 45.7 Å². The summed E-state index contributed by atoms with van der Waals surface area (Å²) in [6.07, 6.45) is 2.29. The third kappa shape index (κ3) is 7.42. The van der Waals surface area contributed by atoms with E-state index in [2.05, 4.69) is 29.4 Å². The number of carboxylic acids is 1. The molecule has 4 N–H and O–H groups in total. The molecule has 258 valence electrons. The number of carboxylic acid groups (broad SMARTS) is 1. The molecular weight excluding hydrogens is 685 g/mol. The molecule has 1 atom stereocenters. The summed E-state index contributed by atoms with van der Waals surface area (Å²) in [6, 6.07) is 11.9. The van der Waals surface area contributed by atoms with Crippen LogP contribution in [0.2, 0.25) is 5.02 Å². The van der Waals surface area contributed by atoms with Crippen molar-refractivity contribution in [3.05, 3.63) is 91.8 Å². The number of aromatic nitrogens is 3. The van der Waals surface area contributed by atoms with E-state index in [1.807, 2.05) is 35.8 Å². The molecule has 11 nitrogen and oxygen atoms in total. The number of aliphatic imine (C=N–C) groups is 1. The van der Waals surface area contributed by atoms with Crippen molar-refractivity contribution in [2.75, 3.05) is 25.0 Å². The molecule has 2 aliphatic rings. The first-order valence-electron chi connectivity index (χ1n) is 16.1. The largest absolute Gasteiger partial charge is 0.478 e. The number of hydrogen-bond donors (Lipinski definition) is 3. The van der Waals surface area contributed by atoms with E-state index in [0.29, 0.717) is 67.4 Å². The number of aromatic carboxylic acids is 1. The maximum absolute atomic E-state index is 13.8. The molecule has 4 aromatic rings. The highest BCUT2D eigenvalue weighted by atomic mass is 35.5. The second-order valence-electron chi connectivity index (χ2n) is 12.3. The number of nitrogens with two attached hydrogens (primary N) is 1. The molecule has 0 unspecified atom stereocenters. The summed E-state index contributed by atoms with van der Waals surface area (Å²) >= 11 is 7.89. The Balaban J connectivity index is 0.00000468. The topological polar surface area (TPSA) is 156 Å².